The zero-order valence-electron chi connectivity index (χ0n) is 12.7. The Morgan fingerprint density at radius 2 is 1.95 bits per heavy atom. The second-order valence-electron chi connectivity index (χ2n) is 6.23. The van der Waals surface area contributed by atoms with E-state index in [-0.39, 0.29) is 5.75 Å². The highest BCUT2D eigenvalue weighted by Crippen LogP contribution is 2.27. The first-order valence-corrected chi connectivity index (χ1v) is 8.69. The molecule has 116 valence electrons. The summed E-state index contributed by atoms with van der Waals surface area (Å²) >= 11 is 0. The zero-order chi connectivity index (χ0) is 15.7. The summed E-state index contributed by atoms with van der Waals surface area (Å²) in [6.07, 6.45) is 0.614. The van der Waals surface area contributed by atoms with Gasteiger partial charge < -0.3 is 10.1 Å². The molecule has 0 amide bonds. The van der Waals surface area contributed by atoms with E-state index in [4.69, 9.17) is 5.21 Å². The molecule has 0 saturated carbocycles. The third-order valence-electron chi connectivity index (χ3n) is 3.86. The van der Waals surface area contributed by atoms with Gasteiger partial charge in [-0.3, -0.25) is 0 Å². The van der Waals surface area contributed by atoms with Gasteiger partial charge in [-0.2, -0.15) is 0 Å². The van der Waals surface area contributed by atoms with E-state index in [1.54, 1.807) is 20.8 Å². The van der Waals surface area contributed by atoms with Crippen LogP contribution in [0.2, 0.25) is 0 Å². The molecule has 1 N–H and O–H groups in total. The highest BCUT2D eigenvalue weighted by molar-refractivity contribution is 7.92. The average Bonchev–Trinajstić information content (AvgIpc) is 2.43. The molecule has 1 aromatic carbocycles. The molecule has 0 unspecified atom stereocenters. The summed E-state index contributed by atoms with van der Waals surface area (Å²) in [7, 11) is -3.14. The van der Waals surface area contributed by atoms with Crippen molar-refractivity contribution in [2.45, 2.75) is 31.9 Å². The molecule has 1 aliphatic rings. The fraction of sp³-hybridized carbons (Fsp3) is 0.533. The molecule has 0 bridgehead atoms. The van der Waals surface area contributed by atoms with Crippen LogP contribution in [-0.2, 0) is 9.84 Å². The third kappa shape index (κ3) is 3.20. The lowest BCUT2D eigenvalue weighted by Gasteiger charge is -2.32. The molecular weight excluding hydrogens is 288 g/mol. The quantitative estimate of drug-likeness (QED) is 0.687. The van der Waals surface area contributed by atoms with Gasteiger partial charge >= 0.3 is 0 Å². The number of benzene rings is 1. The Morgan fingerprint density at radius 1 is 1.29 bits per heavy atom. The minimum absolute atomic E-state index is 0.121. The van der Waals surface area contributed by atoms with E-state index in [0.717, 1.165) is 11.3 Å². The fourth-order valence-electron chi connectivity index (χ4n) is 2.36. The van der Waals surface area contributed by atoms with Crippen LogP contribution >= 0.6 is 0 Å². The molecule has 1 aliphatic heterocycles. The van der Waals surface area contributed by atoms with Crippen LogP contribution in [0.1, 0.15) is 32.8 Å². The lowest BCUT2D eigenvalue weighted by Crippen LogP contribution is -2.39. The molecule has 0 spiro atoms. The predicted molar refractivity (Wildman–Crippen MR) is 85.1 cm³/mol. The Morgan fingerprint density at radius 3 is 2.57 bits per heavy atom. The van der Waals surface area contributed by atoms with Crippen molar-refractivity contribution < 1.29 is 13.6 Å². The number of para-hydroxylation sites is 1. The van der Waals surface area contributed by atoms with E-state index in [0.29, 0.717) is 25.2 Å². The van der Waals surface area contributed by atoms with Gasteiger partial charge in [0, 0.05) is 30.8 Å². The van der Waals surface area contributed by atoms with Gasteiger partial charge in [-0.25, -0.2) is 8.42 Å². The summed E-state index contributed by atoms with van der Waals surface area (Å²) in [6.45, 7) is 6.29. The number of nitrogens with zero attached hydrogens (tertiary/aromatic N) is 2. The first-order chi connectivity index (χ1) is 9.76. The SMILES string of the molecule is CC(C)(C)S(=O)(=O)CCN1CC/C(=N/O)c2ccccc21. The van der Waals surface area contributed by atoms with E-state index >= 15 is 0 Å². The number of hydrogen-bond donors (Lipinski definition) is 1. The molecule has 1 heterocycles. The Bertz CT molecular complexity index is 645. The van der Waals surface area contributed by atoms with Crippen molar-refractivity contribution >= 4 is 21.2 Å². The van der Waals surface area contributed by atoms with Gasteiger partial charge in [0.2, 0.25) is 0 Å². The Hall–Kier alpha value is -1.56. The van der Waals surface area contributed by atoms with Gasteiger partial charge in [-0.1, -0.05) is 23.4 Å². The number of fused-ring (bicyclic) bond motifs is 1. The van der Waals surface area contributed by atoms with E-state index in [2.05, 4.69) is 5.16 Å². The molecular formula is C15H22N2O3S. The number of rotatable bonds is 3. The molecule has 0 aromatic heterocycles. The molecule has 0 radical (unpaired) electrons. The van der Waals surface area contributed by atoms with E-state index in [9.17, 15) is 8.42 Å². The summed E-state index contributed by atoms with van der Waals surface area (Å²) < 4.78 is 23.7. The molecule has 0 fully saturated rings. The van der Waals surface area contributed by atoms with E-state index in [1.807, 2.05) is 29.2 Å². The van der Waals surface area contributed by atoms with Gasteiger partial charge in [0.15, 0.2) is 9.84 Å². The molecule has 5 nitrogen and oxygen atoms in total. The average molecular weight is 310 g/mol. The van der Waals surface area contributed by atoms with Crippen molar-refractivity contribution in [1.82, 2.24) is 0 Å². The monoisotopic (exact) mass is 310 g/mol. The summed E-state index contributed by atoms with van der Waals surface area (Å²) in [6, 6.07) is 7.63. The second-order valence-corrected chi connectivity index (χ2v) is 9.09. The largest absolute Gasteiger partial charge is 0.411 e. The fourth-order valence-corrected chi connectivity index (χ4v) is 3.44. The minimum atomic E-state index is -3.14. The topological polar surface area (TPSA) is 70.0 Å². The maximum Gasteiger partial charge on any atom is 0.156 e. The van der Waals surface area contributed by atoms with Gasteiger partial charge in [-0.05, 0) is 26.8 Å². The molecule has 21 heavy (non-hydrogen) atoms. The predicted octanol–water partition coefficient (Wildman–Crippen LogP) is 2.29. The standard InChI is InChI=1S/C15H22N2O3S/c1-15(2,3)21(19,20)11-10-17-9-8-13(16-18)12-6-4-5-7-14(12)17/h4-7,18H,8-11H2,1-3H3/b16-13-. The number of anilines is 1. The van der Waals surface area contributed by atoms with Crippen LogP contribution in [0, 0.1) is 0 Å². The third-order valence-corrected chi connectivity index (χ3v) is 6.44. The van der Waals surface area contributed by atoms with Crippen LogP contribution in [0.25, 0.3) is 0 Å². The van der Waals surface area contributed by atoms with Gasteiger partial charge in [0.05, 0.1) is 16.2 Å². The van der Waals surface area contributed by atoms with Crippen molar-refractivity contribution in [3.05, 3.63) is 29.8 Å². The van der Waals surface area contributed by atoms with Crippen LogP contribution in [0.3, 0.4) is 0 Å². The van der Waals surface area contributed by atoms with Crippen LogP contribution in [-0.4, -0.2) is 42.9 Å². The molecule has 0 saturated heterocycles. The summed E-state index contributed by atoms with van der Waals surface area (Å²) in [5, 5.41) is 12.4. The minimum Gasteiger partial charge on any atom is -0.411 e. The van der Waals surface area contributed by atoms with Crippen molar-refractivity contribution in [2.75, 3.05) is 23.7 Å². The lowest BCUT2D eigenvalue weighted by atomic mass is 10.00. The zero-order valence-corrected chi connectivity index (χ0v) is 13.5. The van der Waals surface area contributed by atoms with Crippen LogP contribution < -0.4 is 4.90 Å². The lowest BCUT2D eigenvalue weighted by molar-refractivity contribution is 0.318. The summed E-state index contributed by atoms with van der Waals surface area (Å²) in [5.41, 5.74) is 2.46. The second kappa shape index (κ2) is 5.67. The number of sulfone groups is 1. The molecule has 6 heteroatoms. The first kappa shape index (κ1) is 15.8. The maximum absolute atomic E-state index is 12.2. The van der Waals surface area contributed by atoms with Crippen LogP contribution in [0.5, 0.6) is 0 Å². The molecule has 0 aliphatic carbocycles. The normalized spacial score (nSPS) is 17.9. The van der Waals surface area contributed by atoms with Crippen molar-refractivity contribution in [3.63, 3.8) is 0 Å². The van der Waals surface area contributed by atoms with Crippen LogP contribution in [0.15, 0.2) is 29.4 Å². The Balaban J connectivity index is 2.20. The molecule has 0 atom stereocenters. The van der Waals surface area contributed by atoms with Gasteiger partial charge in [0.25, 0.3) is 0 Å². The van der Waals surface area contributed by atoms with E-state index < -0.39 is 14.6 Å². The first-order valence-electron chi connectivity index (χ1n) is 7.04. The molecule has 1 aromatic rings. The summed E-state index contributed by atoms with van der Waals surface area (Å²) in [4.78, 5) is 2.05. The van der Waals surface area contributed by atoms with Crippen LogP contribution in [0.4, 0.5) is 5.69 Å². The summed E-state index contributed by atoms with van der Waals surface area (Å²) in [5.74, 6) is 0.121. The molecule has 2 rings (SSSR count). The smallest absolute Gasteiger partial charge is 0.156 e. The maximum atomic E-state index is 12.2. The Kier molecular flexibility index (Phi) is 4.27. The van der Waals surface area contributed by atoms with Gasteiger partial charge in [-0.15, -0.1) is 0 Å². The van der Waals surface area contributed by atoms with Crippen molar-refractivity contribution in [2.24, 2.45) is 5.16 Å². The van der Waals surface area contributed by atoms with Crippen molar-refractivity contribution in [1.29, 1.82) is 0 Å². The van der Waals surface area contributed by atoms with Crippen molar-refractivity contribution in [3.8, 4) is 0 Å². The van der Waals surface area contributed by atoms with Gasteiger partial charge in [0.1, 0.15) is 0 Å². The van der Waals surface area contributed by atoms with E-state index in [1.165, 1.54) is 0 Å². The highest BCUT2D eigenvalue weighted by atomic mass is 32.2. The highest BCUT2D eigenvalue weighted by Gasteiger charge is 2.30. The number of oxime groups is 1. The number of hydrogen-bond acceptors (Lipinski definition) is 5. The Labute approximate surface area is 126 Å².